The largest absolute Gasteiger partial charge is 0.369 e. The molecule has 0 spiro atoms. The minimum absolute atomic E-state index is 0.189. The molecule has 0 unspecified atom stereocenters. The Balaban J connectivity index is 1.72. The summed E-state index contributed by atoms with van der Waals surface area (Å²) in [6, 6.07) is 12.2. The summed E-state index contributed by atoms with van der Waals surface area (Å²) in [6.07, 6.45) is 1.00. The number of hydrogen-bond acceptors (Lipinski definition) is 3. The molecule has 1 saturated heterocycles. The molecule has 25 heavy (non-hydrogen) atoms. The molecule has 1 fully saturated rings. The summed E-state index contributed by atoms with van der Waals surface area (Å²) >= 11 is 0. The lowest BCUT2D eigenvalue weighted by molar-refractivity contribution is 0.384. The maximum atomic E-state index is 13.3. The second kappa shape index (κ2) is 7.14. The first-order valence-corrected chi connectivity index (χ1v) is 9.96. The van der Waals surface area contributed by atoms with E-state index in [-0.39, 0.29) is 4.90 Å². The van der Waals surface area contributed by atoms with E-state index in [9.17, 15) is 12.8 Å². The molecule has 0 amide bonds. The number of halogens is 1. The van der Waals surface area contributed by atoms with Crippen LogP contribution in [0, 0.1) is 12.7 Å². The Labute approximate surface area is 148 Å². The van der Waals surface area contributed by atoms with Crippen LogP contribution in [0.25, 0.3) is 0 Å². The fourth-order valence-electron chi connectivity index (χ4n) is 3.17. The van der Waals surface area contributed by atoms with E-state index in [1.165, 1.54) is 28.1 Å². The fraction of sp³-hybridized carbons (Fsp3) is 0.368. The number of aryl methyl sites for hydroxylation is 2. The molecule has 0 atom stereocenters. The molecule has 0 radical (unpaired) electrons. The van der Waals surface area contributed by atoms with Gasteiger partial charge in [-0.1, -0.05) is 19.1 Å². The summed E-state index contributed by atoms with van der Waals surface area (Å²) in [5.41, 5.74) is 2.85. The molecule has 3 rings (SSSR count). The highest BCUT2D eigenvalue weighted by Crippen LogP contribution is 2.24. The third-order valence-corrected chi connectivity index (χ3v) is 6.76. The van der Waals surface area contributed by atoms with Crippen LogP contribution >= 0.6 is 0 Å². The predicted molar refractivity (Wildman–Crippen MR) is 97.9 cm³/mol. The van der Waals surface area contributed by atoms with Crippen LogP contribution in [0.3, 0.4) is 0 Å². The van der Waals surface area contributed by atoms with E-state index in [1.54, 1.807) is 6.92 Å². The lowest BCUT2D eigenvalue weighted by atomic mass is 10.1. The van der Waals surface area contributed by atoms with E-state index in [1.807, 2.05) is 0 Å². The standard InChI is InChI=1S/C19H23FN2O2S/c1-3-16-4-7-18(8-5-16)21-10-12-22(13-11-21)25(23,24)19-9-6-17(20)14-15(19)2/h4-9,14H,3,10-13H2,1-2H3. The summed E-state index contributed by atoms with van der Waals surface area (Å²) < 4.78 is 40.4. The number of benzene rings is 2. The van der Waals surface area contributed by atoms with Crippen molar-refractivity contribution in [2.24, 2.45) is 0 Å². The molecular weight excluding hydrogens is 339 g/mol. The summed E-state index contributed by atoms with van der Waals surface area (Å²) in [5.74, 6) is -0.420. The quantitative estimate of drug-likeness (QED) is 0.839. The van der Waals surface area contributed by atoms with E-state index >= 15 is 0 Å². The van der Waals surface area contributed by atoms with Crippen molar-refractivity contribution < 1.29 is 12.8 Å². The molecule has 134 valence electrons. The Kier molecular flexibility index (Phi) is 5.11. The molecule has 0 bridgehead atoms. The van der Waals surface area contributed by atoms with Crippen LogP contribution in [0.2, 0.25) is 0 Å². The van der Waals surface area contributed by atoms with E-state index in [2.05, 4.69) is 36.1 Å². The molecule has 0 aromatic heterocycles. The third-order valence-electron chi connectivity index (χ3n) is 4.70. The van der Waals surface area contributed by atoms with Gasteiger partial charge in [0, 0.05) is 31.9 Å². The molecule has 6 heteroatoms. The number of rotatable bonds is 4. The van der Waals surface area contributed by atoms with Crippen molar-refractivity contribution in [3.63, 3.8) is 0 Å². The Morgan fingerprint density at radius 2 is 1.64 bits per heavy atom. The van der Waals surface area contributed by atoms with Gasteiger partial charge in [0.05, 0.1) is 4.90 Å². The van der Waals surface area contributed by atoms with Gasteiger partial charge in [0.2, 0.25) is 10.0 Å². The van der Waals surface area contributed by atoms with Gasteiger partial charge >= 0.3 is 0 Å². The minimum Gasteiger partial charge on any atom is -0.369 e. The van der Waals surface area contributed by atoms with E-state index in [4.69, 9.17) is 0 Å². The van der Waals surface area contributed by atoms with Crippen molar-refractivity contribution in [2.75, 3.05) is 31.1 Å². The first-order valence-electron chi connectivity index (χ1n) is 8.52. The zero-order valence-corrected chi connectivity index (χ0v) is 15.4. The van der Waals surface area contributed by atoms with E-state index in [0.717, 1.165) is 12.1 Å². The second-order valence-electron chi connectivity index (χ2n) is 6.32. The van der Waals surface area contributed by atoms with Crippen LogP contribution in [-0.4, -0.2) is 38.9 Å². The minimum atomic E-state index is -3.59. The van der Waals surface area contributed by atoms with Gasteiger partial charge in [0.25, 0.3) is 0 Å². The molecule has 0 N–H and O–H groups in total. The van der Waals surface area contributed by atoms with E-state index in [0.29, 0.717) is 31.7 Å². The maximum Gasteiger partial charge on any atom is 0.243 e. The average Bonchev–Trinajstić information content (AvgIpc) is 2.61. The van der Waals surface area contributed by atoms with Crippen LogP contribution < -0.4 is 4.90 Å². The molecule has 1 heterocycles. The second-order valence-corrected chi connectivity index (χ2v) is 8.23. The van der Waals surface area contributed by atoms with Crippen molar-refractivity contribution in [1.82, 2.24) is 4.31 Å². The predicted octanol–water partition coefficient (Wildman–Crippen LogP) is 3.21. The molecule has 0 saturated carbocycles. The Morgan fingerprint density at radius 3 is 2.20 bits per heavy atom. The molecular formula is C19H23FN2O2S. The van der Waals surface area contributed by atoms with Gasteiger partial charge in [-0.3, -0.25) is 0 Å². The van der Waals surface area contributed by atoms with Crippen LogP contribution in [0.4, 0.5) is 10.1 Å². The van der Waals surface area contributed by atoms with Gasteiger partial charge in [0.1, 0.15) is 5.82 Å². The van der Waals surface area contributed by atoms with Crippen molar-refractivity contribution in [3.05, 3.63) is 59.4 Å². The molecule has 1 aliphatic heterocycles. The monoisotopic (exact) mass is 362 g/mol. The summed E-state index contributed by atoms with van der Waals surface area (Å²) in [4.78, 5) is 2.39. The zero-order valence-electron chi connectivity index (χ0n) is 14.6. The number of nitrogens with zero attached hydrogens (tertiary/aromatic N) is 2. The number of anilines is 1. The molecule has 2 aromatic rings. The molecule has 4 nitrogen and oxygen atoms in total. The summed E-state index contributed by atoms with van der Waals surface area (Å²) in [5, 5.41) is 0. The first-order chi connectivity index (χ1) is 11.9. The summed E-state index contributed by atoms with van der Waals surface area (Å²) in [6.45, 7) is 5.89. The average molecular weight is 362 g/mol. The van der Waals surface area contributed by atoms with Crippen molar-refractivity contribution >= 4 is 15.7 Å². The zero-order chi connectivity index (χ0) is 18.0. The molecule has 2 aromatic carbocycles. The van der Waals surface area contributed by atoms with Crippen LogP contribution in [0.15, 0.2) is 47.4 Å². The van der Waals surface area contributed by atoms with E-state index < -0.39 is 15.8 Å². The number of sulfonamides is 1. The van der Waals surface area contributed by atoms with Crippen LogP contribution in [0.5, 0.6) is 0 Å². The number of hydrogen-bond donors (Lipinski definition) is 0. The lowest BCUT2D eigenvalue weighted by Crippen LogP contribution is -2.48. The van der Waals surface area contributed by atoms with Gasteiger partial charge in [-0.15, -0.1) is 0 Å². The molecule has 1 aliphatic rings. The Morgan fingerprint density at radius 1 is 1.00 bits per heavy atom. The first kappa shape index (κ1) is 17.9. The van der Waals surface area contributed by atoms with Crippen molar-refractivity contribution in [1.29, 1.82) is 0 Å². The van der Waals surface area contributed by atoms with Gasteiger partial charge in [-0.2, -0.15) is 4.31 Å². The highest BCUT2D eigenvalue weighted by Gasteiger charge is 2.29. The van der Waals surface area contributed by atoms with Crippen molar-refractivity contribution in [2.45, 2.75) is 25.2 Å². The van der Waals surface area contributed by atoms with Gasteiger partial charge in [-0.05, 0) is 54.8 Å². The maximum absolute atomic E-state index is 13.3. The van der Waals surface area contributed by atoms with Gasteiger partial charge in [-0.25, -0.2) is 12.8 Å². The molecule has 0 aliphatic carbocycles. The Bertz CT molecular complexity index is 842. The Hall–Kier alpha value is -1.92. The summed E-state index contributed by atoms with van der Waals surface area (Å²) in [7, 11) is -3.59. The topological polar surface area (TPSA) is 40.6 Å². The smallest absolute Gasteiger partial charge is 0.243 e. The van der Waals surface area contributed by atoms with Gasteiger partial charge in [0.15, 0.2) is 0 Å². The fourth-order valence-corrected chi connectivity index (χ4v) is 4.80. The van der Waals surface area contributed by atoms with Crippen LogP contribution in [0.1, 0.15) is 18.1 Å². The highest BCUT2D eigenvalue weighted by atomic mass is 32.2. The van der Waals surface area contributed by atoms with Crippen LogP contribution in [-0.2, 0) is 16.4 Å². The third kappa shape index (κ3) is 3.70. The van der Waals surface area contributed by atoms with Gasteiger partial charge < -0.3 is 4.90 Å². The van der Waals surface area contributed by atoms with Crippen molar-refractivity contribution in [3.8, 4) is 0 Å². The highest BCUT2D eigenvalue weighted by molar-refractivity contribution is 7.89. The number of piperazine rings is 1. The SMILES string of the molecule is CCc1ccc(N2CCN(S(=O)(=O)c3ccc(F)cc3C)CC2)cc1. The normalized spacial score (nSPS) is 16.2. The lowest BCUT2D eigenvalue weighted by Gasteiger charge is -2.35.